The van der Waals surface area contributed by atoms with E-state index in [0.29, 0.717) is 38.4 Å². The van der Waals surface area contributed by atoms with Gasteiger partial charge in [-0.05, 0) is 12.0 Å². The van der Waals surface area contributed by atoms with Gasteiger partial charge in [0.05, 0.1) is 24.8 Å². The summed E-state index contributed by atoms with van der Waals surface area (Å²) in [4.78, 5) is 28.6. The second-order valence-electron chi connectivity index (χ2n) is 4.82. The Morgan fingerprint density at radius 2 is 2.19 bits per heavy atom. The third kappa shape index (κ3) is 3.38. The zero-order chi connectivity index (χ0) is 14.1. The van der Waals surface area contributed by atoms with Gasteiger partial charge in [0, 0.05) is 18.5 Å². The number of hydrogen-bond donors (Lipinski definition) is 0. The molecule has 106 valence electrons. The maximum absolute atomic E-state index is 12.0. The number of carbonyl (C=O) groups is 2. The molecule has 3 rings (SSSR count). The molecule has 1 amide bonds. The Bertz CT molecular complexity index is 582. The number of carboxylic acid groups (broad SMARTS) is 1. The summed E-state index contributed by atoms with van der Waals surface area (Å²) in [6.45, 7) is 2.22. The number of aromatic carboxylic acids is 1. The summed E-state index contributed by atoms with van der Waals surface area (Å²) in [5.41, 5.74) is 1.66. The topological polar surface area (TPSA) is 82.6 Å². The summed E-state index contributed by atoms with van der Waals surface area (Å²) in [5.74, 6) is -1.10. The average molecular weight is 300 g/mol. The molecule has 0 unspecified atom stereocenters. The van der Waals surface area contributed by atoms with Crippen molar-refractivity contribution >= 4 is 28.8 Å². The summed E-state index contributed by atoms with van der Waals surface area (Å²) >= 11 is 1.06. The number of aromatic nitrogens is 1. The van der Waals surface area contributed by atoms with Crippen LogP contribution in [0.25, 0.3) is 5.57 Å². The summed E-state index contributed by atoms with van der Waals surface area (Å²) in [6, 6.07) is 0. The van der Waals surface area contributed by atoms with Crippen LogP contribution in [0.4, 0.5) is 0 Å². The number of nitrogens with zero attached hydrogens (tertiary/aromatic N) is 2. The van der Waals surface area contributed by atoms with Crippen molar-refractivity contribution in [2.75, 3.05) is 26.3 Å². The molecule has 1 aromatic heterocycles. The van der Waals surface area contributed by atoms with Crippen LogP contribution in [-0.4, -0.2) is 48.1 Å². The predicted molar refractivity (Wildman–Crippen MR) is 69.9 cm³/mol. The molecule has 8 heteroatoms. The minimum atomic E-state index is -1.25. The van der Waals surface area contributed by atoms with Gasteiger partial charge in [-0.25, -0.2) is 4.98 Å². The van der Waals surface area contributed by atoms with Crippen LogP contribution in [0, 0.1) is 5.92 Å². The molecule has 21 heavy (non-hydrogen) atoms. The van der Waals surface area contributed by atoms with Crippen molar-refractivity contribution in [3.05, 3.63) is 22.2 Å². The minimum absolute atomic E-state index is 0. The molecule has 0 bridgehead atoms. The normalized spacial score (nSPS) is 18.5. The van der Waals surface area contributed by atoms with E-state index in [1.165, 1.54) is 0 Å². The van der Waals surface area contributed by atoms with E-state index >= 15 is 0 Å². The van der Waals surface area contributed by atoms with Gasteiger partial charge in [-0.3, -0.25) is 4.79 Å². The SMILES string of the molecule is O=C([O-])c1nc(C2=CCN(C(=O)C3COC3)CC2)cs1.[Li+]. The first kappa shape index (κ1) is 16.2. The standard InChI is InChI=1S/C13H14N2O4S.Li/c16-12(9-5-19-6-9)15-3-1-8(2-4-15)10-7-20-11(14-10)13(17)18;/h1,7,9H,2-6H2,(H,17,18);/q;+1/p-1. The van der Waals surface area contributed by atoms with Crippen LogP contribution in [0.5, 0.6) is 0 Å². The molecule has 2 aliphatic heterocycles. The summed E-state index contributed by atoms with van der Waals surface area (Å²) in [5, 5.41) is 12.4. The van der Waals surface area contributed by atoms with Crippen LogP contribution in [-0.2, 0) is 9.53 Å². The molecule has 0 radical (unpaired) electrons. The van der Waals surface area contributed by atoms with Crippen molar-refractivity contribution < 1.29 is 38.3 Å². The maximum atomic E-state index is 12.0. The Kier molecular flexibility index (Phi) is 5.22. The molecule has 1 aromatic rings. The molecule has 1 fully saturated rings. The maximum Gasteiger partial charge on any atom is 1.00 e. The van der Waals surface area contributed by atoms with Gasteiger partial charge >= 0.3 is 18.9 Å². The molecule has 0 N–H and O–H groups in total. The number of carboxylic acids is 1. The molecule has 6 nitrogen and oxygen atoms in total. The Morgan fingerprint density at radius 1 is 1.43 bits per heavy atom. The van der Waals surface area contributed by atoms with Crippen molar-refractivity contribution in [3.8, 4) is 0 Å². The first-order chi connectivity index (χ1) is 9.65. The van der Waals surface area contributed by atoms with E-state index in [1.807, 2.05) is 11.0 Å². The van der Waals surface area contributed by atoms with E-state index < -0.39 is 5.97 Å². The Hall–Kier alpha value is -1.13. The van der Waals surface area contributed by atoms with Gasteiger partial charge in [0.25, 0.3) is 0 Å². The predicted octanol–water partition coefficient (Wildman–Crippen LogP) is -3.23. The molecule has 0 aromatic carbocycles. The van der Waals surface area contributed by atoms with E-state index in [-0.39, 0.29) is 35.7 Å². The van der Waals surface area contributed by atoms with Crippen molar-refractivity contribution in [1.29, 1.82) is 0 Å². The zero-order valence-corrected chi connectivity index (χ0v) is 12.5. The van der Waals surface area contributed by atoms with Crippen LogP contribution in [0.15, 0.2) is 11.5 Å². The number of ether oxygens (including phenoxy) is 1. The largest absolute Gasteiger partial charge is 1.00 e. The van der Waals surface area contributed by atoms with Gasteiger partial charge in [-0.15, -0.1) is 11.3 Å². The van der Waals surface area contributed by atoms with E-state index in [4.69, 9.17) is 4.74 Å². The van der Waals surface area contributed by atoms with Crippen LogP contribution in [0.1, 0.15) is 21.9 Å². The Morgan fingerprint density at radius 3 is 2.67 bits per heavy atom. The van der Waals surface area contributed by atoms with Crippen LogP contribution < -0.4 is 24.0 Å². The molecule has 3 heterocycles. The third-order valence-electron chi connectivity index (χ3n) is 3.52. The van der Waals surface area contributed by atoms with E-state index in [9.17, 15) is 14.7 Å². The first-order valence-electron chi connectivity index (χ1n) is 6.38. The molecule has 0 spiro atoms. The van der Waals surface area contributed by atoms with Crippen molar-refractivity contribution in [3.63, 3.8) is 0 Å². The fourth-order valence-electron chi connectivity index (χ4n) is 2.25. The van der Waals surface area contributed by atoms with Crippen LogP contribution in [0.3, 0.4) is 0 Å². The van der Waals surface area contributed by atoms with Crippen molar-refractivity contribution in [1.82, 2.24) is 9.88 Å². The number of rotatable bonds is 3. The number of amides is 1. The Balaban J connectivity index is 0.00000161. The van der Waals surface area contributed by atoms with E-state index in [1.54, 1.807) is 5.38 Å². The first-order valence-corrected chi connectivity index (χ1v) is 7.26. The van der Waals surface area contributed by atoms with Gasteiger partial charge in [0.2, 0.25) is 5.91 Å². The fourth-order valence-corrected chi connectivity index (χ4v) is 2.93. The van der Waals surface area contributed by atoms with Gasteiger partial charge in [-0.2, -0.15) is 0 Å². The summed E-state index contributed by atoms with van der Waals surface area (Å²) in [7, 11) is 0. The molecule has 0 aliphatic carbocycles. The summed E-state index contributed by atoms with van der Waals surface area (Å²) in [6.07, 6.45) is 2.63. The number of hydrogen-bond acceptors (Lipinski definition) is 6. The van der Waals surface area contributed by atoms with E-state index in [0.717, 1.165) is 16.9 Å². The van der Waals surface area contributed by atoms with Crippen molar-refractivity contribution in [2.45, 2.75) is 6.42 Å². The average Bonchev–Trinajstić information content (AvgIpc) is 2.86. The van der Waals surface area contributed by atoms with Gasteiger partial charge in [-0.1, -0.05) is 6.08 Å². The second kappa shape index (κ2) is 6.75. The van der Waals surface area contributed by atoms with Gasteiger partial charge in [0.1, 0.15) is 11.0 Å². The fraction of sp³-hybridized carbons (Fsp3) is 0.462. The van der Waals surface area contributed by atoms with Gasteiger partial charge < -0.3 is 19.5 Å². The third-order valence-corrected chi connectivity index (χ3v) is 4.34. The molecular formula is C13H13LiN2O4S. The monoisotopic (exact) mass is 300 g/mol. The quantitative estimate of drug-likeness (QED) is 0.548. The molecule has 0 saturated carbocycles. The van der Waals surface area contributed by atoms with Crippen LogP contribution in [0.2, 0.25) is 0 Å². The minimum Gasteiger partial charge on any atom is -0.542 e. The molecule has 2 aliphatic rings. The number of carbonyl (C=O) groups excluding carboxylic acids is 2. The van der Waals surface area contributed by atoms with Crippen molar-refractivity contribution in [2.24, 2.45) is 5.92 Å². The summed E-state index contributed by atoms with van der Waals surface area (Å²) < 4.78 is 5.03. The van der Waals surface area contributed by atoms with Gasteiger partial charge in [0.15, 0.2) is 0 Å². The second-order valence-corrected chi connectivity index (χ2v) is 5.68. The van der Waals surface area contributed by atoms with E-state index in [2.05, 4.69) is 4.98 Å². The Labute approximate surface area is 138 Å². The van der Waals surface area contributed by atoms with Crippen LogP contribution >= 0.6 is 11.3 Å². The smallest absolute Gasteiger partial charge is 0.542 e. The molecule has 0 atom stereocenters. The zero-order valence-electron chi connectivity index (χ0n) is 11.7. The molecular weight excluding hydrogens is 287 g/mol. The molecule has 1 saturated heterocycles. The number of thiazole rings is 1.